The van der Waals surface area contributed by atoms with E-state index in [4.69, 9.17) is 4.74 Å². The number of hydrogen-bond acceptors (Lipinski definition) is 4. The highest BCUT2D eigenvalue weighted by molar-refractivity contribution is 7.16. The third kappa shape index (κ3) is 2.35. The lowest BCUT2D eigenvalue weighted by Crippen LogP contribution is -2.08. The Labute approximate surface area is 114 Å². The topological polar surface area (TPSA) is 39.2 Å². The number of para-hydroxylation sites is 1. The molecule has 0 atom stereocenters. The first kappa shape index (κ1) is 11.9. The lowest BCUT2D eigenvalue weighted by molar-refractivity contribution is 0.0734. The molecular weight excluding hydrogens is 258 g/mol. The fourth-order valence-corrected chi connectivity index (χ4v) is 2.53. The Morgan fingerprint density at radius 1 is 1.21 bits per heavy atom. The van der Waals surface area contributed by atoms with Crippen LogP contribution >= 0.6 is 11.3 Å². The predicted molar refractivity (Wildman–Crippen MR) is 75.8 cm³/mol. The molecule has 0 aliphatic heterocycles. The number of esters is 1. The Balaban J connectivity index is 1.89. The van der Waals surface area contributed by atoms with Gasteiger partial charge in [-0.05, 0) is 36.8 Å². The molecule has 0 saturated carbocycles. The molecular formula is C15H11NO2S. The van der Waals surface area contributed by atoms with E-state index < -0.39 is 0 Å². The van der Waals surface area contributed by atoms with E-state index in [0.717, 1.165) is 15.8 Å². The maximum atomic E-state index is 12.1. The molecule has 0 radical (unpaired) electrons. The average molecular weight is 269 g/mol. The van der Waals surface area contributed by atoms with Gasteiger partial charge in [0.15, 0.2) is 0 Å². The molecule has 94 valence electrons. The number of thiazole rings is 1. The zero-order valence-corrected chi connectivity index (χ0v) is 11.1. The molecule has 0 saturated heterocycles. The van der Waals surface area contributed by atoms with Crippen LogP contribution in [0.2, 0.25) is 0 Å². The minimum absolute atomic E-state index is 0.343. The number of fused-ring (bicyclic) bond motifs is 1. The molecule has 4 heteroatoms. The fraction of sp³-hybridized carbons (Fsp3) is 0.0667. The van der Waals surface area contributed by atoms with Crippen molar-refractivity contribution in [2.24, 2.45) is 0 Å². The number of hydrogen-bond donors (Lipinski definition) is 0. The SMILES string of the molecule is Cc1ccccc1OC(=O)c1ccc2ncsc2c1. The minimum atomic E-state index is -0.343. The maximum absolute atomic E-state index is 12.1. The second kappa shape index (κ2) is 4.82. The summed E-state index contributed by atoms with van der Waals surface area (Å²) in [6, 6.07) is 12.8. The lowest BCUT2D eigenvalue weighted by Gasteiger charge is -2.06. The fourth-order valence-electron chi connectivity index (χ4n) is 1.81. The Kier molecular flexibility index (Phi) is 3.01. The summed E-state index contributed by atoms with van der Waals surface area (Å²) >= 11 is 1.51. The molecule has 3 nitrogen and oxygen atoms in total. The summed E-state index contributed by atoms with van der Waals surface area (Å²) in [4.78, 5) is 16.3. The Morgan fingerprint density at radius 2 is 2.05 bits per heavy atom. The Morgan fingerprint density at radius 3 is 2.89 bits per heavy atom. The summed E-state index contributed by atoms with van der Waals surface area (Å²) in [7, 11) is 0. The highest BCUT2D eigenvalue weighted by atomic mass is 32.1. The first-order valence-electron chi connectivity index (χ1n) is 5.85. The molecule has 0 fully saturated rings. The summed E-state index contributed by atoms with van der Waals surface area (Å²) in [6.45, 7) is 1.91. The number of nitrogens with zero attached hydrogens (tertiary/aromatic N) is 1. The second-order valence-corrected chi connectivity index (χ2v) is 5.08. The van der Waals surface area contributed by atoms with Crippen LogP contribution in [-0.2, 0) is 0 Å². The van der Waals surface area contributed by atoms with Crippen molar-refractivity contribution in [3.05, 3.63) is 59.1 Å². The van der Waals surface area contributed by atoms with E-state index in [9.17, 15) is 4.79 Å². The normalized spacial score (nSPS) is 10.6. The number of carbonyl (C=O) groups excluding carboxylic acids is 1. The van der Waals surface area contributed by atoms with Gasteiger partial charge in [0, 0.05) is 0 Å². The number of aryl methyl sites for hydroxylation is 1. The second-order valence-electron chi connectivity index (χ2n) is 4.19. The summed E-state index contributed by atoms with van der Waals surface area (Å²) in [5.41, 5.74) is 4.15. The molecule has 0 N–H and O–H groups in total. The first-order valence-corrected chi connectivity index (χ1v) is 6.73. The van der Waals surface area contributed by atoms with Crippen molar-refractivity contribution in [1.82, 2.24) is 4.98 Å². The highest BCUT2D eigenvalue weighted by Crippen LogP contribution is 2.21. The zero-order chi connectivity index (χ0) is 13.2. The third-order valence-corrected chi connectivity index (χ3v) is 3.65. The van der Waals surface area contributed by atoms with Crippen LogP contribution in [0.4, 0.5) is 0 Å². The van der Waals surface area contributed by atoms with Crippen LogP contribution in [-0.4, -0.2) is 11.0 Å². The lowest BCUT2D eigenvalue weighted by atomic mass is 10.2. The monoisotopic (exact) mass is 269 g/mol. The van der Waals surface area contributed by atoms with E-state index >= 15 is 0 Å². The molecule has 1 aromatic heterocycles. The van der Waals surface area contributed by atoms with Crippen molar-refractivity contribution >= 4 is 27.5 Å². The van der Waals surface area contributed by atoms with Gasteiger partial charge in [0.2, 0.25) is 0 Å². The van der Waals surface area contributed by atoms with Crippen molar-refractivity contribution < 1.29 is 9.53 Å². The number of carbonyl (C=O) groups is 1. The van der Waals surface area contributed by atoms with Gasteiger partial charge in [0.1, 0.15) is 5.75 Å². The molecule has 0 aliphatic rings. The van der Waals surface area contributed by atoms with Crippen LogP contribution in [0.5, 0.6) is 5.75 Å². The Bertz CT molecular complexity index is 748. The van der Waals surface area contributed by atoms with Crippen molar-refractivity contribution in [2.45, 2.75) is 6.92 Å². The summed E-state index contributed by atoms with van der Waals surface area (Å²) in [5, 5.41) is 0. The van der Waals surface area contributed by atoms with Crippen LogP contribution in [0.15, 0.2) is 48.0 Å². The molecule has 0 amide bonds. The van der Waals surface area contributed by atoms with Gasteiger partial charge in [-0.3, -0.25) is 0 Å². The van der Waals surface area contributed by atoms with E-state index in [1.165, 1.54) is 11.3 Å². The summed E-state index contributed by atoms with van der Waals surface area (Å²) in [6.07, 6.45) is 0. The van der Waals surface area contributed by atoms with Crippen molar-refractivity contribution in [3.63, 3.8) is 0 Å². The molecule has 1 heterocycles. The van der Waals surface area contributed by atoms with E-state index in [1.807, 2.05) is 37.3 Å². The van der Waals surface area contributed by atoms with E-state index in [0.29, 0.717) is 11.3 Å². The van der Waals surface area contributed by atoms with Crippen LogP contribution in [0, 0.1) is 6.92 Å². The molecule has 2 aromatic carbocycles. The number of rotatable bonds is 2. The number of benzene rings is 2. The summed E-state index contributed by atoms with van der Waals surface area (Å²) < 4.78 is 6.39. The van der Waals surface area contributed by atoms with Crippen LogP contribution < -0.4 is 4.74 Å². The van der Waals surface area contributed by atoms with Gasteiger partial charge in [-0.25, -0.2) is 9.78 Å². The predicted octanol–water partition coefficient (Wildman–Crippen LogP) is 3.82. The van der Waals surface area contributed by atoms with Gasteiger partial charge in [-0.2, -0.15) is 0 Å². The quantitative estimate of drug-likeness (QED) is 0.524. The smallest absolute Gasteiger partial charge is 0.343 e. The van der Waals surface area contributed by atoms with Crippen molar-refractivity contribution in [1.29, 1.82) is 0 Å². The molecule has 0 aliphatic carbocycles. The third-order valence-electron chi connectivity index (χ3n) is 2.86. The van der Waals surface area contributed by atoms with Gasteiger partial charge in [-0.1, -0.05) is 18.2 Å². The van der Waals surface area contributed by atoms with Crippen LogP contribution in [0.25, 0.3) is 10.2 Å². The Hall–Kier alpha value is -2.20. The molecule has 0 unspecified atom stereocenters. The van der Waals surface area contributed by atoms with Gasteiger partial charge in [0.05, 0.1) is 21.3 Å². The molecule has 3 rings (SSSR count). The van der Waals surface area contributed by atoms with E-state index in [-0.39, 0.29) is 5.97 Å². The van der Waals surface area contributed by atoms with Crippen molar-refractivity contribution in [3.8, 4) is 5.75 Å². The standard InChI is InChI=1S/C15H11NO2S/c1-10-4-2-3-5-13(10)18-15(17)11-6-7-12-14(8-11)19-9-16-12/h2-9H,1H3. The van der Waals surface area contributed by atoms with Gasteiger partial charge in [0.25, 0.3) is 0 Å². The zero-order valence-electron chi connectivity index (χ0n) is 10.3. The number of ether oxygens (including phenoxy) is 1. The van der Waals surface area contributed by atoms with E-state index in [1.54, 1.807) is 17.6 Å². The number of aromatic nitrogens is 1. The minimum Gasteiger partial charge on any atom is -0.423 e. The van der Waals surface area contributed by atoms with Gasteiger partial charge < -0.3 is 4.74 Å². The molecule has 3 aromatic rings. The highest BCUT2D eigenvalue weighted by Gasteiger charge is 2.11. The average Bonchev–Trinajstić information content (AvgIpc) is 2.88. The summed E-state index contributed by atoms with van der Waals surface area (Å²) in [5.74, 6) is 0.251. The van der Waals surface area contributed by atoms with Crippen molar-refractivity contribution in [2.75, 3.05) is 0 Å². The van der Waals surface area contributed by atoms with Gasteiger partial charge >= 0.3 is 5.97 Å². The largest absolute Gasteiger partial charge is 0.423 e. The molecule has 19 heavy (non-hydrogen) atoms. The van der Waals surface area contributed by atoms with Gasteiger partial charge in [-0.15, -0.1) is 11.3 Å². The first-order chi connectivity index (χ1) is 9.24. The van der Waals surface area contributed by atoms with Crippen LogP contribution in [0.3, 0.4) is 0 Å². The van der Waals surface area contributed by atoms with Crippen LogP contribution in [0.1, 0.15) is 15.9 Å². The van der Waals surface area contributed by atoms with E-state index in [2.05, 4.69) is 4.98 Å². The maximum Gasteiger partial charge on any atom is 0.343 e. The molecule has 0 bridgehead atoms. The molecule has 0 spiro atoms.